The van der Waals surface area contributed by atoms with Crippen LogP contribution in [0.4, 0.5) is 5.69 Å². The fourth-order valence-electron chi connectivity index (χ4n) is 3.11. The molecule has 0 atom stereocenters. The summed E-state index contributed by atoms with van der Waals surface area (Å²) >= 11 is 6.03. The molecule has 0 unspecified atom stereocenters. The van der Waals surface area contributed by atoms with E-state index in [1.54, 1.807) is 16.8 Å². The predicted molar refractivity (Wildman–Crippen MR) is 106 cm³/mol. The van der Waals surface area contributed by atoms with Crippen molar-refractivity contribution in [2.24, 2.45) is 0 Å². The Morgan fingerprint density at radius 2 is 2.04 bits per heavy atom. The fourth-order valence-corrected chi connectivity index (χ4v) is 3.28. The summed E-state index contributed by atoms with van der Waals surface area (Å²) in [5, 5.41) is 16.9. The molecule has 132 valence electrons. The Kier molecular flexibility index (Phi) is 4.49. The highest BCUT2D eigenvalue weighted by Crippen LogP contribution is 2.36. The van der Waals surface area contributed by atoms with Crippen LogP contribution in [0.25, 0.3) is 22.9 Å². The van der Waals surface area contributed by atoms with Gasteiger partial charge in [-0.1, -0.05) is 48.0 Å². The van der Waals surface area contributed by atoms with Gasteiger partial charge in [-0.2, -0.15) is 10.4 Å². The first kappa shape index (κ1) is 17.1. The summed E-state index contributed by atoms with van der Waals surface area (Å²) in [6, 6.07) is 17.3. The van der Waals surface area contributed by atoms with Crippen LogP contribution in [0.3, 0.4) is 0 Å². The molecule has 4 rings (SSSR count). The maximum Gasteiger partial charge on any atom is 0.256 e. The van der Waals surface area contributed by atoms with Crippen molar-refractivity contribution < 1.29 is 4.79 Å². The van der Waals surface area contributed by atoms with Crippen LogP contribution in [0.15, 0.2) is 54.7 Å². The molecule has 0 radical (unpaired) electrons. The van der Waals surface area contributed by atoms with Gasteiger partial charge in [-0.05, 0) is 18.2 Å². The summed E-state index contributed by atoms with van der Waals surface area (Å²) < 4.78 is 1.74. The Morgan fingerprint density at radius 3 is 2.81 bits per heavy atom. The van der Waals surface area contributed by atoms with Gasteiger partial charge in [-0.25, -0.2) is 0 Å². The third kappa shape index (κ3) is 3.35. The second-order valence-electron chi connectivity index (χ2n) is 6.17. The second kappa shape index (κ2) is 7.10. The SMILES string of the molecule is N#CCCn1cc(/C=C2/C(=O)Nc3cc(Cl)ccc32)c(-c2ccccc2)n1. The maximum atomic E-state index is 12.5. The van der Waals surface area contributed by atoms with Crippen LogP contribution in [0.5, 0.6) is 0 Å². The number of amides is 1. The number of anilines is 1. The van der Waals surface area contributed by atoms with E-state index in [2.05, 4.69) is 16.5 Å². The van der Waals surface area contributed by atoms with Crippen molar-refractivity contribution >= 4 is 34.8 Å². The van der Waals surface area contributed by atoms with Gasteiger partial charge in [-0.15, -0.1) is 0 Å². The van der Waals surface area contributed by atoms with Gasteiger partial charge in [0.05, 0.1) is 30.4 Å². The molecular weight excluding hydrogens is 360 g/mol. The lowest BCUT2D eigenvalue weighted by Crippen LogP contribution is -2.03. The van der Waals surface area contributed by atoms with Gasteiger partial charge in [-0.3, -0.25) is 9.48 Å². The third-order valence-corrected chi connectivity index (χ3v) is 4.59. The van der Waals surface area contributed by atoms with Gasteiger partial charge in [0.1, 0.15) is 0 Å². The number of nitrogens with one attached hydrogen (secondary N) is 1. The molecule has 0 aliphatic carbocycles. The molecule has 1 aromatic heterocycles. The predicted octanol–water partition coefficient (Wildman–Crippen LogP) is 4.61. The highest BCUT2D eigenvalue weighted by Gasteiger charge is 2.25. The molecule has 0 spiro atoms. The van der Waals surface area contributed by atoms with Gasteiger partial charge in [0.15, 0.2) is 0 Å². The Balaban J connectivity index is 1.82. The zero-order valence-corrected chi connectivity index (χ0v) is 15.1. The van der Waals surface area contributed by atoms with E-state index in [9.17, 15) is 4.79 Å². The fraction of sp³-hybridized carbons (Fsp3) is 0.0952. The maximum absolute atomic E-state index is 12.5. The minimum atomic E-state index is -0.170. The van der Waals surface area contributed by atoms with E-state index in [0.29, 0.717) is 29.2 Å². The van der Waals surface area contributed by atoms with E-state index in [-0.39, 0.29) is 5.91 Å². The molecule has 2 aromatic carbocycles. The van der Waals surface area contributed by atoms with Gasteiger partial charge in [0.25, 0.3) is 5.91 Å². The number of rotatable bonds is 4. The summed E-state index contributed by atoms with van der Waals surface area (Å²) in [7, 11) is 0. The topological polar surface area (TPSA) is 70.7 Å². The summed E-state index contributed by atoms with van der Waals surface area (Å²) in [6.07, 6.45) is 4.08. The molecule has 5 nitrogen and oxygen atoms in total. The highest BCUT2D eigenvalue weighted by molar-refractivity contribution is 6.36. The monoisotopic (exact) mass is 374 g/mol. The molecule has 1 aliphatic heterocycles. The van der Waals surface area contributed by atoms with Crippen LogP contribution in [-0.2, 0) is 11.3 Å². The van der Waals surface area contributed by atoms with Gasteiger partial charge >= 0.3 is 0 Å². The molecule has 0 saturated carbocycles. The van der Waals surface area contributed by atoms with Crippen molar-refractivity contribution in [3.05, 3.63) is 70.9 Å². The van der Waals surface area contributed by atoms with E-state index in [1.165, 1.54) is 0 Å². The molecular formula is C21H15ClN4O. The van der Waals surface area contributed by atoms with E-state index < -0.39 is 0 Å². The summed E-state index contributed by atoms with van der Waals surface area (Å²) in [5.74, 6) is -0.170. The van der Waals surface area contributed by atoms with E-state index >= 15 is 0 Å². The first-order valence-corrected chi connectivity index (χ1v) is 8.86. The van der Waals surface area contributed by atoms with Crippen molar-refractivity contribution in [1.82, 2.24) is 9.78 Å². The third-order valence-electron chi connectivity index (χ3n) is 4.35. The number of aryl methyl sites for hydroxylation is 1. The van der Waals surface area contributed by atoms with Gasteiger partial charge in [0, 0.05) is 33.5 Å². The zero-order valence-electron chi connectivity index (χ0n) is 14.3. The molecule has 0 saturated heterocycles. The number of carbonyl (C=O) groups excluding carboxylic acids is 1. The number of nitrogens with zero attached hydrogens (tertiary/aromatic N) is 3. The number of halogens is 1. The minimum Gasteiger partial charge on any atom is -0.321 e. The number of aromatic nitrogens is 2. The zero-order chi connectivity index (χ0) is 18.8. The molecule has 27 heavy (non-hydrogen) atoms. The van der Waals surface area contributed by atoms with E-state index in [1.807, 2.05) is 48.7 Å². The lowest BCUT2D eigenvalue weighted by atomic mass is 10.0. The number of carbonyl (C=O) groups is 1. The smallest absolute Gasteiger partial charge is 0.256 e. The molecule has 6 heteroatoms. The van der Waals surface area contributed by atoms with Crippen LogP contribution in [-0.4, -0.2) is 15.7 Å². The van der Waals surface area contributed by atoms with Crippen LogP contribution >= 0.6 is 11.6 Å². The molecule has 1 N–H and O–H groups in total. The van der Waals surface area contributed by atoms with Crippen LogP contribution in [0.1, 0.15) is 17.5 Å². The normalized spacial score (nSPS) is 14.1. The highest BCUT2D eigenvalue weighted by atomic mass is 35.5. The standard InChI is InChI=1S/C21H15ClN4O/c22-16-7-8-17-18(21(27)24-19(17)12-16)11-15-13-26(10-4-9-23)25-20(15)14-5-2-1-3-6-14/h1-3,5-8,11-13H,4,10H2,(H,24,27)/b18-11+. The quantitative estimate of drug-likeness (QED) is 0.678. The van der Waals surface area contributed by atoms with Crippen molar-refractivity contribution in [3.63, 3.8) is 0 Å². The van der Waals surface area contributed by atoms with Gasteiger partial charge in [0.2, 0.25) is 0 Å². The van der Waals surface area contributed by atoms with Crippen LogP contribution < -0.4 is 5.32 Å². The van der Waals surface area contributed by atoms with E-state index in [0.717, 1.165) is 22.4 Å². The van der Waals surface area contributed by atoms with Crippen LogP contribution in [0, 0.1) is 11.3 Å². The Hall–Kier alpha value is -3.36. The molecule has 0 bridgehead atoms. The second-order valence-corrected chi connectivity index (χ2v) is 6.61. The van der Waals surface area contributed by atoms with Crippen molar-refractivity contribution in [2.45, 2.75) is 13.0 Å². The Morgan fingerprint density at radius 1 is 1.22 bits per heavy atom. The lowest BCUT2D eigenvalue weighted by Gasteiger charge is -2.01. The molecule has 1 amide bonds. The number of nitriles is 1. The summed E-state index contributed by atoms with van der Waals surface area (Å²) in [4.78, 5) is 12.5. The molecule has 0 fully saturated rings. The Labute approximate surface area is 161 Å². The lowest BCUT2D eigenvalue weighted by molar-refractivity contribution is -0.110. The number of fused-ring (bicyclic) bond motifs is 1. The number of hydrogen-bond donors (Lipinski definition) is 1. The molecule has 1 aliphatic rings. The Bertz CT molecular complexity index is 1090. The molecule has 3 aromatic rings. The number of benzene rings is 2. The summed E-state index contributed by atoms with van der Waals surface area (Å²) in [6.45, 7) is 0.498. The van der Waals surface area contributed by atoms with Crippen molar-refractivity contribution in [3.8, 4) is 17.3 Å². The first-order chi connectivity index (χ1) is 13.2. The number of hydrogen-bond acceptors (Lipinski definition) is 3. The largest absolute Gasteiger partial charge is 0.321 e. The summed E-state index contributed by atoms with van der Waals surface area (Å²) in [5.41, 5.74) is 4.64. The van der Waals surface area contributed by atoms with Gasteiger partial charge < -0.3 is 5.32 Å². The average molecular weight is 375 g/mol. The van der Waals surface area contributed by atoms with Crippen molar-refractivity contribution in [1.29, 1.82) is 5.26 Å². The first-order valence-electron chi connectivity index (χ1n) is 8.48. The molecule has 2 heterocycles. The average Bonchev–Trinajstić information content (AvgIpc) is 3.21. The van der Waals surface area contributed by atoms with E-state index in [4.69, 9.17) is 16.9 Å². The van der Waals surface area contributed by atoms with Crippen molar-refractivity contribution in [2.75, 3.05) is 5.32 Å². The minimum absolute atomic E-state index is 0.170. The van der Waals surface area contributed by atoms with Crippen LogP contribution in [0.2, 0.25) is 5.02 Å².